The molecule has 0 radical (unpaired) electrons. The fourth-order valence-corrected chi connectivity index (χ4v) is 8.73. The van der Waals surface area contributed by atoms with Gasteiger partial charge in [-0.15, -0.1) is 0 Å². The van der Waals surface area contributed by atoms with Crippen LogP contribution in [0.15, 0.2) is 29.4 Å². The van der Waals surface area contributed by atoms with Crippen molar-refractivity contribution < 1.29 is 78.0 Å². The van der Waals surface area contributed by atoms with Crippen LogP contribution >= 0.6 is 0 Å². The maximum atomic E-state index is 13.8. The third kappa shape index (κ3) is 29.3. The number of oxime groups is 1. The summed E-state index contributed by atoms with van der Waals surface area (Å²) in [6.45, 7) is 9.81. The number of nitrogens with zero attached hydrogens (tertiary/aromatic N) is 1. The highest BCUT2D eigenvalue weighted by molar-refractivity contribution is 5.97. The number of alkyl carbamates (subject to hydrolysis) is 1. The summed E-state index contributed by atoms with van der Waals surface area (Å²) in [5.74, 6) is -2.59. The summed E-state index contributed by atoms with van der Waals surface area (Å²) in [6, 6.07) is 3.81. The summed E-state index contributed by atoms with van der Waals surface area (Å²) >= 11 is 0. The summed E-state index contributed by atoms with van der Waals surface area (Å²) in [5, 5.41) is 67.2. The number of aliphatic hydroxyl groups excluding tert-OH is 5. The number of carbonyl (C=O) groups excluding carboxylic acids is 5. The van der Waals surface area contributed by atoms with Crippen LogP contribution in [0.25, 0.3) is 0 Å². The number of hydrogen-bond acceptors (Lipinski definition) is 17. The molecule has 0 aromatic heterocycles. The second-order valence-corrected chi connectivity index (χ2v) is 20.5. The Morgan fingerprint density at radius 1 is 0.792 bits per heavy atom. The molecule has 1 aromatic rings. The zero-order valence-corrected chi connectivity index (χ0v) is 46.8. The van der Waals surface area contributed by atoms with Gasteiger partial charge in [0.15, 0.2) is 12.1 Å². The van der Waals surface area contributed by atoms with Gasteiger partial charge < -0.3 is 81.1 Å². The molecule has 1 aromatic carbocycles. The smallest absolute Gasteiger partial charge is 0.407 e. The molecule has 1 heterocycles. The molecule has 0 spiro atoms. The minimum atomic E-state index is -1.68. The highest BCUT2D eigenvalue weighted by Gasteiger charge is 2.44. The first-order valence-electron chi connectivity index (χ1n) is 27.9. The van der Waals surface area contributed by atoms with E-state index < -0.39 is 79.4 Å². The molecule has 0 saturated carbocycles. The molecule has 77 heavy (non-hydrogen) atoms. The van der Waals surface area contributed by atoms with E-state index in [4.69, 9.17) is 34.3 Å². The number of ketones is 1. The lowest BCUT2D eigenvalue weighted by Crippen LogP contribution is -2.60. The van der Waals surface area contributed by atoms with Crippen LogP contribution in [0.4, 0.5) is 15.3 Å². The van der Waals surface area contributed by atoms with Gasteiger partial charge in [-0.2, -0.15) is 0 Å². The van der Waals surface area contributed by atoms with Gasteiger partial charge in [0.1, 0.15) is 37.6 Å². The summed E-state index contributed by atoms with van der Waals surface area (Å²) < 4.78 is 27.1. The summed E-state index contributed by atoms with van der Waals surface area (Å²) in [6.07, 6.45) is 5.96. The zero-order chi connectivity index (χ0) is 57.0. The predicted octanol–water partition coefficient (Wildman–Crippen LogP) is 5.13. The summed E-state index contributed by atoms with van der Waals surface area (Å²) in [7, 11) is 1.58. The Kier molecular flexibility index (Phi) is 36.2. The molecule has 0 aliphatic carbocycles. The average Bonchev–Trinajstić information content (AvgIpc) is 3.40. The number of carbonyl (C=O) groups is 5. The third-order valence-corrected chi connectivity index (χ3v) is 13.6. The maximum Gasteiger partial charge on any atom is 0.407 e. The van der Waals surface area contributed by atoms with Gasteiger partial charge in [0.2, 0.25) is 11.8 Å². The largest absolute Gasteiger partial charge is 0.445 e. The Balaban J connectivity index is 2.04. The number of unbranched alkanes of at least 4 members (excludes halogenated alkanes) is 11. The second kappa shape index (κ2) is 40.6. The van der Waals surface area contributed by atoms with Crippen molar-refractivity contribution in [3.8, 4) is 0 Å². The number of methoxy groups -OCH3 is 1. The van der Waals surface area contributed by atoms with Crippen molar-refractivity contribution in [2.45, 2.75) is 206 Å². The van der Waals surface area contributed by atoms with Crippen LogP contribution in [0.5, 0.6) is 0 Å². The fourth-order valence-electron chi connectivity index (χ4n) is 8.73. The number of nitrogens with one attached hydrogen (secondary N) is 4. The molecule has 10 atom stereocenters. The number of primary amides is 1. The van der Waals surface area contributed by atoms with E-state index in [2.05, 4.69) is 33.3 Å². The highest BCUT2D eigenvalue weighted by atomic mass is 16.7. The van der Waals surface area contributed by atoms with E-state index in [1.165, 1.54) is 51.4 Å². The quantitative estimate of drug-likeness (QED) is 0.0230. The van der Waals surface area contributed by atoms with Crippen LogP contribution in [0.3, 0.4) is 0 Å². The Morgan fingerprint density at radius 2 is 1.43 bits per heavy atom. The van der Waals surface area contributed by atoms with Gasteiger partial charge >= 0.3 is 12.1 Å². The van der Waals surface area contributed by atoms with Crippen molar-refractivity contribution in [1.82, 2.24) is 16.0 Å². The fraction of sp³-hybridized carbons (Fsp3) is 0.782. The molecule has 1 fully saturated rings. The number of anilines is 1. The molecular formula is C55H96N6O16. The number of ether oxygens (including phenoxy) is 5. The number of aliphatic hydroxyl groups is 5. The lowest BCUT2D eigenvalue weighted by atomic mass is 9.89. The lowest BCUT2D eigenvalue weighted by Gasteiger charge is -2.40. The molecule has 4 unspecified atom stereocenters. The first-order chi connectivity index (χ1) is 36.9. The van der Waals surface area contributed by atoms with Gasteiger partial charge in [-0.1, -0.05) is 122 Å². The van der Waals surface area contributed by atoms with E-state index in [0.717, 1.165) is 25.7 Å². The maximum absolute atomic E-state index is 13.8. The topological polar surface area (TPSA) is 328 Å². The molecule has 2 rings (SSSR count). The van der Waals surface area contributed by atoms with Crippen LogP contribution in [-0.2, 0) is 49.5 Å². The van der Waals surface area contributed by atoms with Crippen LogP contribution < -0.4 is 27.0 Å². The van der Waals surface area contributed by atoms with Crippen molar-refractivity contribution in [2.24, 2.45) is 28.6 Å². The van der Waals surface area contributed by atoms with Gasteiger partial charge in [-0.05, 0) is 62.1 Å². The zero-order valence-electron chi connectivity index (χ0n) is 46.8. The number of benzene rings is 1. The van der Waals surface area contributed by atoms with Crippen molar-refractivity contribution >= 4 is 41.1 Å². The van der Waals surface area contributed by atoms with E-state index in [1.54, 1.807) is 52.1 Å². The molecule has 1 aliphatic rings. The SMILES string of the molecule is CCCCCCCCCCCCCC[C@@H](C)[C@@H](O)[C@H](CO[C@H]1OC(CO)[C@H](O)[C@H](O)C1O)NC(=O)OCc1ccc(NC(=O)C(CCCNC(N)=O)CC(=O)C(NC(=O)CC/C(C)=N/OCCOCCOC)C(C)C)cc1. The Morgan fingerprint density at radius 3 is 2.04 bits per heavy atom. The van der Waals surface area contributed by atoms with Gasteiger partial charge in [-0.25, -0.2) is 9.59 Å². The van der Waals surface area contributed by atoms with E-state index in [9.17, 15) is 49.5 Å². The molecule has 442 valence electrons. The molecule has 22 nitrogen and oxygen atoms in total. The number of urea groups is 1. The molecule has 1 saturated heterocycles. The van der Waals surface area contributed by atoms with Gasteiger partial charge in [0.05, 0.1) is 56.9 Å². The predicted molar refractivity (Wildman–Crippen MR) is 290 cm³/mol. The molecular weight excluding hydrogens is 1000 g/mol. The van der Waals surface area contributed by atoms with Crippen LogP contribution in [-0.4, -0.2) is 163 Å². The Labute approximate surface area is 456 Å². The Bertz CT molecular complexity index is 1830. The molecule has 0 bridgehead atoms. The normalized spacial score (nSPS) is 19.6. The van der Waals surface area contributed by atoms with Gasteiger partial charge in [-0.3, -0.25) is 14.4 Å². The number of amides is 5. The first-order valence-corrected chi connectivity index (χ1v) is 27.9. The van der Waals surface area contributed by atoms with Crippen LogP contribution in [0.2, 0.25) is 0 Å². The molecule has 1 aliphatic heterocycles. The van der Waals surface area contributed by atoms with Crippen LogP contribution in [0, 0.1) is 17.8 Å². The van der Waals surface area contributed by atoms with Gasteiger partial charge in [0.25, 0.3) is 0 Å². The van der Waals surface area contributed by atoms with E-state index in [1.807, 2.05) is 6.92 Å². The lowest BCUT2D eigenvalue weighted by molar-refractivity contribution is -0.303. The first kappa shape index (κ1) is 68.6. The van der Waals surface area contributed by atoms with Crippen molar-refractivity contribution in [2.75, 3.05) is 58.6 Å². The molecule has 11 N–H and O–H groups in total. The standard InChI is InChI=1S/C55H96N6O16/c1-7-8-9-10-11-12-13-14-15-16-17-18-20-38(4)48(65)43(36-74-53-51(68)50(67)49(66)45(34-62)77-53)59-55(71)75-35-40-23-25-42(26-24-40)58-52(69)41(21-19-28-57-54(56)70)33-44(63)47(37(2)3)60-46(64)27-22-39(5)61-76-32-31-73-30-29-72-6/h23-26,37-38,41,43,45,47-51,53,62,65-68H,7-22,27-36H2,1-6H3,(H,58,69)(H,59,71)(H,60,64)(H3,56,57,70)/b61-39+/t38-,41?,43+,45?,47?,48-,49+,50+,51?,53+/m1/s1. The summed E-state index contributed by atoms with van der Waals surface area (Å²) in [5.41, 5.74) is 6.76. The number of nitrogens with two attached hydrogens (primary N) is 1. The van der Waals surface area contributed by atoms with Gasteiger partial charge in [0, 0.05) is 38.1 Å². The third-order valence-electron chi connectivity index (χ3n) is 13.6. The monoisotopic (exact) mass is 1100 g/mol. The second-order valence-electron chi connectivity index (χ2n) is 20.5. The minimum absolute atomic E-state index is 0.0555. The highest BCUT2D eigenvalue weighted by Crippen LogP contribution is 2.25. The van der Waals surface area contributed by atoms with E-state index in [-0.39, 0.29) is 69.2 Å². The number of hydrogen-bond donors (Lipinski definition) is 10. The molecule has 22 heteroatoms. The Hall–Kier alpha value is -4.52. The average molecular weight is 1100 g/mol. The van der Waals surface area contributed by atoms with E-state index >= 15 is 0 Å². The van der Waals surface area contributed by atoms with Crippen molar-refractivity contribution in [1.29, 1.82) is 0 Å². The summed E-state index contributed by atoms with van der Waals surface area (Å²) in [4.78, 5) is 70.5. The van der Waals surface area contributed by atoms with Crippen molar-refractivity contribution in [3.63, 3.8) is 0 Å². The van der Waals surface area contributed by atoms with Crippen molar-refractivity contribution in [3.05, 3.63) is 29.8 Å². The van der Waals surface area contributed by atoms with E-state index in [0.29, 0.717) is 56.0 Å². The number of Topliss-reactive ketones (excluding diaryl/α,β-unsaturated/α-hetero) is 1. The van der Waals surface area contributed by atoms with Crippen LogP contribution in [0.1, 0.15) is 156 Å². The number of rotatable bonds is 43. The molecule has 5 amide bonds. The minimum Gasteiger partial charge on any atom is -0.445 e.